The molecule has 0 aliphatic heterocycles. The van der Waals surface area contributed by atoms with Crippen LogP contribution in [0, 0.1) is 12.7 Å². The van der Waals surface area contributed by atoms with Gasteiger partial charge in [0.1, 0.15) is 17.2 Å². The molecule has 5 N–H and O–H groups in total. The third kappa shape index (κ3) is 5.04. The van der Waals surface area contributed by atoms with Crippen LogP contribution in [0.2, 0.25) is 0 Å². The maximum Gasteiger partial charge on any atom is 0.335 e. The van der Waals surface area contributed by atoms with Gasteiger partial charge in [-0.05, 0) is 60.2 Å². The van der Waals surface area contributed by atoms with Crippen LogP contribution in [-0.2, 0) is 13.0 Å². The molecule has 0 saturated heterocycles. The van der Waals surface area contributed by atoms with E-state index in [0.717, 1.165) is 15.6 Å². The van der Waals surface area contributed by atoms with Crippen LogP contribution in [0.4, 0.5) is 4.39 Å². The Labute approximate surface area is 220 Å². The Bertz CT molecular complexity index is 1680. The van der Waals surface area contributed by atoms with Gasteiger partial charge < -0.3 is 21.5 Å². The number of hydrogen-bond acceptors (Lipinski definition) is 6. The number of halogens is 1. The van der Waals surface area contributed by atoms with Gasteiger partial charge >= 0.3 is 5.97 Å². The average Bonchev–Trinajstić information content (AvgIpc) is 3.52. The number of fused-ring (bicyclic) bond motifs is 2. The predicted molar refractivity (Wildman–Crippen MR) is 136 cm³/mol. The van der Waals surface area contributed by atoms with Gasteiger partial charge in [-0.25, -0.2) is 18.7 Å². The molecule has 2 aromatic heterocycles. The summed E-state index contributed by atoms with van der Waals surface area (Å²) in [6.07, 6.45) is 1.16. The summed E-state index contributed by atoms with van der Waals surface area (Å²) < 4.78 is 14.7. The molecule has 0 spiro atoms. The standard InChI is InChI=1S/C27H23FN6O5/c1-13-8-14(2-6-18(13)28)12-30-26(37)22-10-21(31-23-11-20(24(29)35)33-34(22)23)25(36)32-19-7-4-15-9-16(27(38)39)3-5-17(15)19/h2-3,5-6,8-11,19H,4,7,12H2,1H3,(H2,29,35)(H,30,37)(H,32,36)(H,38,39)/t19-/m0/s1. The Hall–Kier alpha value is -5.13. The third-order valence-corrected chi connectivity index (χ3v) is 6.59. The smallest absolute Gasteiger partial charge is 0.335 e. The van der Waals surface area contributed by atoms with Crippen molar-refractivity contribution in [3.05, 3.63) is 99.2 Å². The molecule has 1 aliphatic rings. The van der Waals surface area contributed by atoms with Crippen LogP contribution in [0.1, 0.15) is 76.5 Å². The lowest BCUT2D eigenvalue weighted by Crippen LogP contribution is -2.30. The van der Waals surface area contributed by atoms with Crippen LogP contribution in [-0.4, -0.2) is 43.4 Å². The van der Waals surface area contributed by atoms with E-state index in [-0.39, 0.29) is 46.7 Å². The highest BCUT2D eigenvalue weighted by atomic mass is 19.1. The van der Waals surface area contributed by atoms with E-state index in [1.807, 2.05) is 0 Å². The highest BCUT2D eigenvalue weighted by Gasteiger charge is 2.27. The topological polar surface area (TPSA) is 169 Å². The lowest BCUT2D eigenvalue weighted by atomic mass is 10.0. The number of aryl methyl sites for hydroxylation is 2. The van der Waals surface area contributed by atoms with Gasteiger partial charge in [0.05, 0.1) is 11.6 Å². The number of rotatable bonds is 7. The number of nitrogens with one attached hydrogen (secondary N) is 2. The number of benzene rings is 2. The summed E-state index contributed by atoms with van der Waals surface area (Å²) in [5.74, 6) is -3.39. The van der Waals surface area contributed by atoms with Crippen molar-refractivity contribution >= 4 is 29.3 Å². The quantitative estimate of drug-likeness (QED) is 0.284. The third-order valence-electron chi connectivity index (χ3n) is 6.59. The second-order valence-corrected chi connectivity index (χ2v) is 9.24. The minimum atomic E-state index is -1.03. The molecule has 198 valence electrons. The Morgan fingerprint density at radius 1 is 1.08 bits per heavy atom. The first-order chi connectivity index (χ1) is 18.6. The molecule has 5 rings (SSSR count). The number of carbonyl (C=O) groups is 4. The molecule has 3 amide bonds. The first-order valence-corrected chi connectivity index (χ1v) is 12.0. The molecular weight excluding hydrogens is 507 g/mol. The number of aromatic carboxylic acids is 1. The van der Waals surface area contributed by atoms with Gasteiger partial charge in [-0.3, -0.25) is 14.4 Å². The molecule has 0 saturated carbocycles. The maximum atomic E-state index is 13.6. The van der Waals surface area contributed by atoms with Crippen LogP contribution in [0.3, 0.4) is 0 Å². The van der Waals surface area contributed by atoms with Crippen molar-refractivity contribution in [1.82, 2.24) is 25.2 Å². The Morgan fingerprint density at radius 2 is 1.87 bits per heavy atom. The summed E-state index contributed by atoms with van der Waals surface area (Å²) >= 11 is 0. The molecule has 4 aromatic rings. The molecule has 1 atom stereocenters. The summed E-state index contributed by atoms with van der Waals surface area (Å²) in [7, 11) is 0. The van der Waals surface area contributed by atoms with E-state index in [9.17, 15) is 28.7 Å². The highest BCUT2D eigenvalue weighted by molar-refractivity contribution is 5.99. The minimum absolute atomic E-state index is 0.0607. The van der Waals surface area contributed by atoms with Crippen molar-refractivity contribution in [2.24, 2.45) is 5.73 Å². The lowest BCUT2D eigenvalue weighted by Gasteiger charge is -2.15. The van der Waals surface area contributed by atoms with E-state index in [1.165, 1.54) is 24.3 Å². The van der Waals surface area contributed by atoms with Gasteiger partial charge in [-0.1, -0.05) is 18.2 Å². The Morgan fingerprint density at radius 3 is 2.59 bits per heavy atom. The van der Waals surface area contributed by atoms with Gasteiger partial charge in [0.15, 0.2) is 11.3 Å². The van der Waals surface area contributed by atoms with E-state index in [4.69, 9.17) is 5.73 Å². The second-order valence-electron chi connectivity index (χ2n) is 9.24. The van der Waals surface area contributed by atoms with E-state index >= 15 is 0 Å². The van der Waals surface area contributed by atoms with Crippen molar-refractivity contribution in [2.45, 2.75) is 32.4 Å². The zero-order valence-corrected chi connectivity index (χ0v) is 20.7. The first kappa shape index (κ1) is 25.5. The van der Waals surface area contributed by atoms with Crippen LogP contribution < -0.4 is 16.4 Å². The van der Waals surface area contributed by atoms with E-state index < -0.39 is 23.7 Å². The van der Waals surface area contributed by atoms with Crippen molar-refractivity contribution < 1.29 is 28.7 Å². The monoisotopic (exact) mass is 530 g/mol. The molecule has 2 heterocycles. The van der Waals surface area contributed by atoms with Crippen molar-refractivity contribution in [2.75, 3.05) is 0 Å². The molecule has 0 fully saturated rings. The number of carboxylic acid groups (broad SMARTS) is 1. The molecule has 0 radical (unpaired) electrons. The summed E-state index contributed by atoms with van der Waals surface area (Å²) in [5, 5.41) is 18.9. The molecule has 1 aliphatic carbocycles. The molecule has 39 heavy (non-hydrogen) atoms. The molecular formula is C27H23FN6O5. The normalized spacial score (nSPS) is 14.2. The fourth-order valence-electron chi connectivity index (χ4n) is 4.60. The average molecular weight is 531 g/mol. The van der Waals surface area contributed by atoms with E-state index in [2.05, 4.69) is 20.7 Å². The zero-order valence-electron chi connectivity index (χ0n) is 20.7. The van der Waals surface area contributed by atoms with Gasteiger partial charge in [0.25, 0.3) is 17.7 Å². The van der Waals surface area contributed by atoms with Crippen LogP contribution >= 0.6 is 0 Å². The number of nitrogens with zero attached hydrogens (tertiary/aromatic N) is 3. The number of amides is 3. The number of primary amides is 1. The SMILES string of the molecule is Cc1cc(CNC(=O)c2cc(C(=O)N[C@H]3CCc4cc(C(=O)O)ccc43)nc3cc(C(N)=O)nn23)ccc1F. The van der Waals surface area contributed by atoms with Gasteiger partial charge in [-0.15, -0.1) is 0 Å². The van der Waals surface area contributed by atoms with Gasteiger partial charge in [-0.2, -0.15) is 5.10 Å². The number of carbonyl (C=O) groups excluding carboxylic acids is 3. The first-order valence-electron chi connectivity index (χ1n) is 12.0. The Balaban J connectivity index is 1.42. The van der Waals surface area contributed by atoms with Crippen molar-refractivity contribution in [3.63, 3.8) is 0 Å². The summed E-state index contributed by atoms with van der Waals surface area (Å²) in [6.45, 7) is 1.69. The molecule has 11 nitrogen and oxygen atoms in total. The summed E-state index contributed by atoms with van der Waals surface area (Å²) in [5.41, 5.74) is 8.04. The van der Waals surface area contributed by atoms with Gasteiger partial charge in [0, 0.05) is 18.7 Å². The summed E-state index contributed by atoms with van der Waals surface area (Å²) in [4.78, 5) is 53.7. The van der Waals surface area contributed by atoms with Crippen molar-refractivity contribution in [1.29, 1.82) is 0 Å². The number of carboxylic acids is 1. The van der Waals surface area contributed by atoms with E-state index in [0.29, 0.717) is 24.0 Å². The number of hydrogen-bond donors (Lipinski definition) is 4. The fraction of sp³-hybridized carbons (Fsp3) is 0.185. The number of aromatic nitrogens is 3. The lowest BCUT2D eigenvalue weighted by molar-refractivity contribution is 0.0695. The molecule has 0 bridgehead atoms. The van der Waals surface area contributed by atoms with Crippen LogP contribution in [0.15, 0.2) is 48.5 Å². The largest absolute Gasteiger partial charge is 0.478 e. The predicted octanol–water partition coefficient (Wildman–Crippen LogP) is 2.32. The fourth-order valence-corrected chi connectivity index (χ4v) is 4.60. The summed E-state index contributed by atoms with van der Waals surface area (Å²) in [6, 6.07) is 11.4. The van der Waals surface area contributed by atoms with Crippen LogP contribution in [0.5, 0.6) is 0 Å². The van der Waals surface area contributed by atoms with Crippen molar-refractivity contribution in [3.8, 4) is 0 Å². The molecule has 12 heteroatoms. The second kappa shape index (κ2) is 9.97. The van der Waals surface area contributed by atoms with Crippen LogP contribution in [0.25, 0.3) is 5.65 Å². The minimum Gasteiger partial charge on any atom is -0.478 e. The Kier molecular flexibility index (Phi) is 6.52. The highest BCUT2D eigenvalue weighted by Crippen LogP contribution is 2.32. The number of nitrogens with two attached hydrogens (primary N) is 1. The molecule has 2 aromatic carbocycles. The van der Waals surface area contributed by atoms with E-state index in [1.54, 1.807) is 31.2 Å². The molecule has 0 unspecified atom stereocenters. The zero-order chi connectivity index (χ0) is 27.8. The maximum absolute atomic E-state index is 13.6. The van der Waals surface area contributed by atoms with Gasteiger partial charge in [0.2, 0.25) is 0 Å².